The normalized spacial score (nSPS) is 12.4. The molecule has 0 radical (unpaired) electrons. The Labute approximate surface area is 156 Å². The molecule has 1 unspecified atom stereocenters. The van der Waals surface area contributed by atoms with Crippen molar-refractivity contribution >= 4 is 17.5 Å². The highest BCUT2D eigenvalue weighted by atomic mass is 16.2. The molecule has 2 N–H and O–H groups in total. The Hall–Kier alpha value is -2.62. The second kappa shape index (κ2) is 7.73. The van der Waals surface area contributed by atoms with Crippen LogP contribution in [0.5, 0.6) is 0 Å². The van der Waals surface area contributed by atoms with Crippen molar-refractivity contribution in [3.63, 3.8) is 0 Å². The number of benzene rings is 2. The van der Waals surface area contributed by atoms with E-state index in [1.165, 1.54) is 0 Å². The molecule has 2 rings (SSSR count). The zero-order chi connectivity index (χ0) is 19.5. The third kappa shape index (κ3) is 4.94. The number of carbonyl (C=O) groups is 2. The van der Waals surface area contributed by atoms with Crippen molar-refractivity contribution in [1.82, 2.24) is 5.32 Å². The second-order valence-corrected chi connectivity index (χ2v) is 7.83. The molecule has 0 heterocycles. The van der Waals surface area contributed by atoms with E-state index in [0.717, 1.165) is 22.4 Å². The van der Waals surface area contributed by atoms with Gasteiger partial charge in [0.05, 0.1) is 0 Å². The fourth-order valence-electron chi connectivity index (χ4n) is 2.66. The van der Waals surface area contributed by atoms with Gasteiger partial charge in [-0.25, -0.2) is 0 Å². The van der Waals surface area contributed by atoms with Crippen LogP contribution in [-0.2, 0) is 10.2 Å². The molecule has 2 aromatic carbocycles. The van der Waals surface area contributed by atoms with Crippen LogP contribution >= 0.6 is 0 Å². The molecular formula is C22H28N2O2. The number of anilines is 1. The molecule has 0 spiro atoms. The number of rotatable bonds is 4. The predicted molar refractivity (Wildman–Crippen MR) is 107 cm³/mol. The van der Waals surface area contributed by atoms with Crippen molar-refractivity contribution in [2.75, 3.05) is 5.32 Å². The average molecular weight is 352 g/mol. The first-order chi connectivity index (χ1) is 12.1. The maximum Gasteiger partial charge on any atom is 0.251 e. The molecule has 0 fully saturated rings. The minimum atomic E-state index is -0.634. The lowest BCUT2D eigenvalue weighted by Crippen LogP contribution is -2.41. The molecule has 2 aromatic rings. The van der Waals surface area contributed by atoms with E-state index in [1.54, 1.807) is 19.1 Å². The summed E-state index contributed by atoms with van der Waals surface area (Å²) in [5.41, 5.74) is 4.64. The summed E-state index contributed by atoms with van der Waals surface area (Å²) in [5.74, 6) is -0.495. The van der Waals surface area contributed by atoms with Crippen molar-refractivity contribution in [3.8, 4) is 0 Å². The van der Waals surface area contributed by atoms with Crippen molar-refractivity contribution in [1.29, 1.82) is 0 Å². The van der Waals surface area contributed by atoms with Crippen LogP contribution in [0.2, 0.25) is 0 Å². The van der Waals surface area contributed by atoms with Gasteiger partial charge in [-0.15, -0.1) is 0 Å². The smallest absolute Gasteiger partial charge is 0.251 e. The largest absolute Gasteiger partial charge is 0.341 e. The summed E-state index contributed by atoms with van der Waals surface area (Å²) in [6.45, 7) is 12.0. The van der Waals surface area contributed by atoms with E-state index in [-0.39, 0.29) is 17.2 Å². The van der Waals surface area contributed by atoms with Gasteiger partial charge in [0.1, 0.15) is 6.04 Å². The highest BCUT2D eigenvalue weighted by Crippen LogP contribution is 2.22. The number of amides is 2. The van der Waals surface area contributed by atoms with Crippen LogP contribution in [0.25, 0.3) is 0 Å². The Morgan fingerprint density at radius 1 is 0.962 bits per heavy atom. The lowest BCUT2D eigenvalue weighted by Gasteiger charge is -2.19. The highest BCUT2D eigenvalue weighted by molar-refractivity contribution is 6.01. The van der Waals surface area contributed by atoms with Crippen molar-refractivity contribution < 1.29 is 9.59 Å². The Bertz CT molecular complexity index is 802. The van der Waals surface area contributed by atoms with E-state index in [9.17, 15) is 9.59 Å². The average Bonchev–Trinajstić information content (AvgIpc) is 2.56. The first kappa shape index (κ1) is 19.7. The van der Waals surface area contributed by atoms with Gasteiger partial charge in [0.2, 0.25) is 5.91 Å². The van der Waals surface area contributed by atoms with Crippen molar-refractivity contribution in [2.45, 2.75) is 53.0 Å². The minimum Gasteiger partial charge on any atom is -0.341 e. The van der Waals surface area contributed by atoms with E-state index in [2.05, 4.69) is 31.4 Å². The van der Waals surface area contributed by atoms with Crippen molar-refractivity contribution in [3.05, 3.63) is 64.7 Å². The van der Waals surface area contributed by atoms with Gasteiger partial charge >= 0.3 is 0 Å². The maximum atomic E-state index is 12.4. The predicted octanol–water partition coefficient (Wildman–Crippen LogP) is 4.36. The molecule has 138 valence electrons. The molecule has 0 aliphatic heterocycles. The number of hydrogen-bond donors (Lipinski definition) is 2. The van der Waals surface area contributed by atoms with Crippen LogP contribution in [0.4, 0.5) is 5.69 Å². The van der Waals surface area contributed by atoms with Gasteiger partial charge in [0, 0.05) is 11.3 Å². The SMILES string of the molecule is Cc1ccc(NC(=O)C(C)NC(=O)c2ccc(C(C)(C)C)cc2)c(C)c1. The summed E-state index contributed by atoms with van der Waals surface area (Å²) in [4.78, 5) is 24.8. The Kier molecular flexibility index (Phi) is 5.86. The highest BCUT2D eigenvalue weighted by Gasteiger charge is 2.18. The molecule has 4 nitrogen and oxygen atoms in total. The fraction of sp³-hybridized carbons (Fsp3) is 0.364. The van der Waals surface area contributed by atoms with Crippen LogP contribution in [0.15, 0.2) is 42.5 Å². The van der Waals surface area contributed by atoms with Gasteiger partial charge in [-0.05, 0) is 55.5 Å². The lowest BCUT2D eigenvalue weighted by molar-refractivity contribution is -0.117. The summed E-state index contributed by atoms with van der Waals surface area (Å²) in [7, 11) is 0. The van der Waals surface area contributed by atoms with Gasteiger partial charge in [0.25, 0.3) is 5.91 Å². The Morgan fingerprint density at radius 3 is 2.12 bits per heavy atom. The fourth-order valence-corrected chi connectivity index (χ4v) is 2.66. The number of nitrogens with one attached hydrogen (secondary N) is 2. The number of hydrogen-bond acceptors (Lipinski definition) is 2. The molecule has 0 aliphatic carbocycles. The molecule has 0 aliphatic rings. The summed E-state index contributed by atoms with van der Waals surface area (Å²) in [5, 5.41) is 5.62. The molecule has 4 heteroatoms. The van der Waals surface area contributed by atoms with Gasteiger partial charge in [0.15, 0.2) is 0 Å². The molecular weight excluding hydrogens is 324 g/mol. The van der Waals surface area contributed by atoms with E-state index < -0.39 is 6.04 Å². The third-order valence-electron chi connectivity index (χ3n) is 4.39. The van der Waals surface area contributed by atoms with Gasteiger partial charge in [-0.2, -0.15) is 0 Å². The molecule has 0 bridgehead atoms. The van der Waals surface area contributed by atoms with Crippen LogP contribution in [0.3, 0.4) is 0 Å². The standard InChI is InChI=1S/C22H28N2O2/c1-14-7-12-19(15(2)13-14)24-20(25)16(3)23-21(26)17-8-10-18(11-9-17)22(4,5)6/h7-13,16H,1-6H3,(H,23,26)(H,24,25). The molecule has 26 heavy (non-hydrogen) atoms. The summed E-state index contributed by atoms with van der Waals surface area (Å²) in [6, 6.07) is 12.7. The van der Waals surface area contributed by atoms with E-state index in [0.29, 0.717) is 5.56 Å². The zero-order valence-corrected chi connectivity index (χ0v) is 16.4. The lowest BCUT2D eigenvalue weighted by atomic mass is 9.86. The molecule has 0 aromatic heterocycles. The van der Waals surface area contributed by atoms with Crippen LogP contribution in [-0.4, -0.2) is 17.9 Å². The van der Waals surface area contributed by atoms with Crippen LogP contribution < -0.4 is 10.6 Å². The van der Waals surface area contributed by atoms with E-state index >= 15 is 0 Å². The van der Waals surface area contributed by atoms with Gasteiger partial charge < -0.3 is 10.6 Å². The molecule has 2 amide bonds. The van der Waals surface area contributed by atoms with Crippen LogP contribution in [0.1, 0.15) is 54.7 Å². The summed E-state index contributed by atoms with van der Waals surface area (Å²) in [6.07, 6.45) is 0. The first-order valence-corrected chi connectivity index (χ1v) is 8.87. The van der Waals surface area contributed by atoms with E-state index in [1.807, 2.05) is 44.2 Å². The summed E-state index contributed by atoms with van der Waals surface area (Å²) < 4.78 is 0. The topological polar surface area (TPSA) is 58.2 Å². The second-order valence-electron chi connectivity index (χ2n) is 7.83. The zero-order valence-electron chi connectivity index (χ0n) is 16.4. The Balaban J connectivity index is 2.00. The summed E-state index contributed by atoms with van der Waals surface area (Å²) >= 11 is 0. The van der Waals surface area contributed by atoms with Gasteiger partial charge in [-0.3, -0.25) is 9.59 Å². The Morgan fingerprint density at radius 2 is 1.58 bits per heavy atom. The third-order valence-corrected chi connectivity index (χ3v) is 4.39. The maximum absolute atomic E-state index is 12.4. The molecule has 1 atom stereocenters. The first-order valence-electron chi connectivity index (χ1n) is 8.87. The number of carbonyl (C=O) groups excluding carboxylic acids is 2. The van der Waals surface area contributed by atoms with Gasteiger partial charge in [-0.1, -0.05) is 50.6 Å². The van der Waals surface area contributed by atoms with Crippen molar-refractivity contribution in [2.24, 2.45) is 0 Å². The molecule has 0 saturated heterocycles. The molecule has 0 saturated carbocycles. The quantitative estimate of drug-likeness (QED) is 0.859. The number of aryl methyl sites for hydroxylation is 2. The van der Waals surface area contributed by atoms with Crippen LogP contribution in [0, 0.1) is 13.8 Å². The van der Waals surface area contributed by atoms with E-state index in [4.69, 9.17) is 0 Å². The monoisotopic (exact) mass is 352 g/mol. The minimum absolute atomic E-state index is 0.0358.